The molecule has 0 spiro atoms. The van der Waals surface area contributed by atoms with Gasteiger partial charge in [-0.25, -0.2) is 14.8 Å². The molecule has 0 saturated heterocycles. The molecule has 0 aliphatic heterocycles. The molecule has 6 nitrogen and oxygen atoms in total. The van der Waals surface area contributed by atoms with Gasteiger partial charge in [0, 0.05) is 30.4 Å². The number of nitrogens with zero attached hydrogens (tertiary/aromatic N) is 3. The van der Waals surface area contributed by atoms with Crippen LogP contribution in [0.25, 0.3) is 11.0 Å². The van der Waals surface area contributed by atoms with E-state index in [4.69, 9.17) is 5.11 Å². The Hall–Kier alpha value is -2.11. The van der Waals surface area contributed by atoms with Gasteiger partial charge in [-0.1, -0.05) is 0 Å². The van der Waals surface area contributed by atoms with Gasteiger partial charge in [-0.3, -0.25) is 0 Å². The third-order valence-corrected chi connectivity index (χ3v) is 2.27. The smallest absolute Gasteiger partial charge is 0.404 e. The molecule has 0 aliphatic carbocycles. The van der Waals surface area contributed by atoms with Crippen molar-refractivity contribution in [1.82, 2.24) is 19.9 Å². The van der Waals surface area contributed by atoms with Gasteiger partial charge in [-0.05, 0) is 13.0 Å². The Labute approximate surface area is 91.9 Å². The van der Waals surface area contributed by atoms with E-state index in [2.05, 4.69) is 15.3 Å². The van der Waals surface area contributed by atoms with Gasteiger partial charge in [-0.2, -0.15) is 0 Å². The molecule has 6 heteroatoms. The van der Waals surface area contributed by atoms with Crippen LogP contribution in [-0.2, 0) is 6.54 Å². The largest absolute Gasteiger partial charge is 0.465 e. The van der Waals surface area contributed by atoms with Crippen LogP contribution in [0.2, 0.25) is 0 Å². The summed E-state index contributed by atoms with van der Waals surface area (Å²) in [5, 5.41) is 11.9. The lowest BCUT2D eigenvalue weighted by Gasteiger charge is -2.12. The highest BCUT2D eigenvalue weighted by molar-refractivity contribution is 5.74. The average Bonchev–Trinajstić information content (AvgIpc) is 2.61. The highest BCUT2D eigenvalue weighted by atomic mass is 16.4. The molecule has 2 rings (SSSR count). The Bertz CT molecular complexity index is 508. The standard InChI is InChI=1S/C10H12N4O2/c1-7(13-10(15)16)5-14-3-2-8-4-11-6-12-9(8)14/h2-4,6-7,13H,5H2,1H3,(H,15,16)/t7-/m1/s1. The minimum atomic E-state index is -1.02. The van der Waals surface area contributed by atoms with Crippen LogP contribution in [0, 0.1) is 0 Å². The zero-order valence-electron chi connectivity index (χ0n) is 8.79. The molecule has 16 heavy (non-hydrogen) atoms. The zero-order valence-corrected chi connectivity index (χ0v) is 8.79. The van der Waals surface area contributed by atoms with Crippen LogP contribution in [0.1, 0.15) is 6.92 Å². The number of carboxylic acid groups (broad SMARTS) is 1. The molecule has 0 saturated carbocycles. The Kier molecular flexibility index (Phi) is 2.72. The van der Waals surface area contributed by atoms with E-state index in [1.807, 2.05) is 16.8 Å². The lowest BCUT2D eigenvalue weighted by Crippen LogP contribution is -2.34. The molecule has 84 valence electrons. The molecule has 0 aliphatic rings. The predicted molar refractivity (Wildman–Crippen MR) is 58.2 cm³/mol. The van der Waals surface area contributed by atoms with Crippen LogP contribution in [0.15, 0.2) is 24.8 Å². The summed E-state index contributed by atoms with van der Waals surface area (Å²) in [6, 6.07) is 1.74. The number of carbonyl (C=O) groups is 1. The normalized spacial score (nSPS) is 12.6. The van der Waals surface area contributed by atoms with Crippen molar-refractivity contribution in [3.63, 3.8) is 0 Å². The van der Waals surface area contributed by atoms with Crippen molar-refractivity contribution in [2.45, 2.75) is 19.5 Å². The van der Waals surface area contributed by atoms with Gasteiger partial charge in [0.1, 0.15) is 12.0 Å². The molecular weight excluding hydrogens is 208 g/mol. The number of rotatable bonds is 3. The first kappa shape index (κ1) is 10.4. The minimum absolute atomic E-state index is 0.164. The van der Waals surface area contributed by atoms with Gasteiger partial charge in [-0.15, -0.1) is 0 Å². The molecule has 0 fully saturated rings. The summed E-state index contributed by atoms with van der Waals surface area (Å²) in [4.78, 5) is 18.5. The van der Waals surface area contributed by atoms with Gasteiger partial charge < -0.3 is 15.0 Å². The lowest BCUT2D eigenvalue weighted by molar-refractivity contribution is 0.189. The SMILES string of the molecule is C[C@H](Cn1ccc2cncnc21)NC(=O)O. The number of hydrogen-bond acceptors (Lipinski definition) is 3. The van der Waals surface area contributed by atoms with Crippen molar-refractivity contribution in [1.29, 1.82) is 0 Å². The third-order valence-electron chi connectivity index (χ3n) is 2.27. The molecule has 2 aromatic heterocycles. The van der Waals surface area contributed by atoms with Crippen molar-refractivity contribution < 1.29 is 9.90 Å². The first-order valence-corrected chi connectivity index (χ1v) is 4.91. The maximum Gasteiger partial charge on any atom is 0.404 e. The fourth-order valence-corrected chi connectivity index (χ4v) is 1.63. The highest BCUT2D eigenvalue weighted by Crippen LogP contribution is 2.11. The van der Waals surface area contributed by atoms with Crippen LogP contribution >= 0.6 is 0 Å². The van der Waals surface area contributed by atoms with Gasteiger partial charge in [0.2, 0.25) is 0 Å². The Morgan fingerprint density at radius 3 is 3.25 bits per heavy atom. The van der Waals surface area contributed by atoms with E-state index in [0.29, 0.717) is 6.54 Å². The van der Waals surface area contributed by atoms with Crippen molar-refractivity contribution in [3.05, 3.63) is 24.8 Å². The topological polar surface area (TPSA) is 80.0 Å². The molecule has 1 atom stereocenters. The Morgan fingerprint density at radius 2 is 2.50 bits per heavy atom. The van der Waals surface area contributed by atoms with E-state index >= 15 is 0 Å². The molecular formula is C10H12N4O2. The van der Waals surface area contributed by atoms with Gasteiger partial charge >= 0.3 is 6.09 Å². The molecule has 0 aromatic carbocycles. The maximum atomic E-state index is 10.5. The van der Waals surface area contributed by atoms with E-state index in [1.54, 1.807) is 13.1 Å². The second kappa shape index (κ2) is 4.18. The van der Waals surface area contributed by atoms with E-state index in [0.717, 1.165) is 11.0 Å². The second-order valence-corrected chi connectivity index (χ2v) is 3.62. The molecule has 2 N–H and O–H groups in total. The number of hydrogen-bond donors (Lipinski definition) is 2. The second-order valence-electron chi connectivity index (χ2n) is 3.62. The summed E-state index contributed by atoms with van der Waals surface area (Å²) in [7, 11) is 0. The average molecular weight is 220 g/mol. The van der Waals surface area contributed by atoms with E-state index in [9.17, 15) is 4.79 Å². The molecule has 0 unspecified atom stereocenters. The van der Waals surface area contributed by atoms with Crippen LogP contribution in [0.3, 0.4) is 0 Å². The molecule has 0 radical (unpaired) electrons. The predicted octanol–water partition coefficient (Wildman–Crippen LogP) is 1.09. The first-order chi connectivity index (χ1) is 7.66. The minimum Gasteiger partial charge on any atom is -0.465 e. The maximum absolute atomic E-state index is 10.5. The zero-order chi connectivity index (χ0) is 11.5. The first-order valence-electron chi connectivity index (χ1n) is 4.91. The van der Waals surface area contributed by atoms with Gasteiger partial charge in [0.25, 0.3) is 0 Å². The van der Waals surface area contributed by atoms with Crippen molar-refractivity contribution >= 4 is 17.1 Å². The molecule has 2 aromatic rings. The highest BCUT2D eigenvalue weighted by Gasteiger charge is 2.08. The summed E-state index contributed by atoms with van der Waals surface area (Å²) in [6.45, 7) is 2.36. The van der Waals surface area contributed by atoms with Crippen molar-refractivity contribution in [2.24, 2.45) is 0 Å². The van der Waals surface area contributed by atoms with Gasteiger partial charge in [0.15, 0.2) is 0 Å². The quantitative estimate of drug-likeness (QED) is 0.811. The van der Waals surface area contributed by atoms with Crippen LogP contribution in [0.5, 0.6) is 0 Å². The van der Waals surface area contributed by atoms with Crippen LogP contribution < -0.4 is 5.32 Å². The number of nitrogens with one attached hydrogen (secondary N) is 1. The van der Waals surface area contributed by atoms with E-state index in [1.165, 1.54) is 6.33 Å². The van der Waals surface area contributed by atoms with E-state index in [-0.39, 0.29) is 6.04 Å². The number of aromatic nitrogens is 3. The summed E-state index contributed by atoms with van der Waals surface area (Å²) >= 11 is 0. The van der Waals surface area contributed by atoms with Crippen LogP contribution in [0.4, 0.5) is 4.79 Å². The van der Waals surface area contributed by atoms with Gasteiger partial charge in [0.05, 0.1) is 0 Å². The lowest BCUT2D eigenvalue weighted by atomic mass is 10.3. The molecule has 1 amide bonds. The fraction of sp³-hybridized carbons (Fsp3) is 0.300. The summed E-state index contributed by atoms with van der Waals surface area (Å²) in [6.07, 6.45) is 4.07. The number of amides is 1. The Morgan fingerprint density at radius 1 is 1.69 bits per heavy atom. The molecule has 2 heterocycles. The van der Waals surface area contributed by atoms with Crippen molar-refractivity contribution in [2.75, 3.05) is 0 Å². The van der Waals surface area contributed by atoms with Crippen LogP contribution in [-0.4, -0.2) is 31.8 Å². The molecule has 0 bridgehead atoms. The number of fused-ring (bicyclic) bond motifs is 1. The third kappa shape index (κ3) is 2.10. The van der Waals surface area contributed by atoms with E-state index < -0.39 is 6.09 Å². The fourth-order valence-electron chi connectivity index (χ4n) is 1.63. The Balaban J connectivity index is 2.18. The van der Waals surface area contributed by atoms with Crippen molar-refractivity contribution in [3.8, 4) is 0 Å². The summed E-state index contributed by atoms with van der Waals surface area (Å²) in [5.74, 6) is 0. The summed E-state index contributed by atoms with van der Waals surface area (Å²) < 4.78 is 1.90. The monoisotopic (exact) mass is 220 g/mol. The summed E-state index contributed by atoms with van der Waals surface area (Å²) in [5.41, 5.74) is 0.814.